The summed E-state index contributed by atoms with van der Waals surface area (Å²) in [6.45, 7) is 6.06. The first-order valence-electron chi connectivity index (χ1n) is 8.01. The van der Waals surface area contributed by atoms with E-state index < -0.39 is 0 Å². The second kappa shape index (κ2) is 9.38. The maximum Gasteiger partial charge on any atom is 0.226 e. The molecule has 0 saturated heterocycles. The Morgan fingerprint density at radius 2 is 2.15 bits per heavy atom. The lowest BCUT2D eigenvalue weighted by Gasteiger charge is -2.08. The van der Waals surface area contributed by atoms with E-state index in [0.29, 0.717) is 35.0 Å². The maximum atomic E-state index is 11.8. The molecule has 0 aliphatic rings. The number of carbonyl (C=O) groups excluding carboxylic acids is 1. The van der Waals surface area contributed by atoms with Crippen LogP contribution in [0.2, 0.25) is 0 Å². The minimum atomic E-state index is -0.141. The van der Waals surface area contributed by atoms with Crippen LogP contribution in [0.3, 0.4) is 0 Å². The second-order valence-electron chi connectivity index (χ2n) is 5.55. The molecule has 0 aliphatic carbocycles. The molecule has 2 heterocycles. The van der Waals surface area contributed by atoms with Crippen LogP contribution in [-0.2, 0) is 9.53 Å². The van der Waals surface area contributed by atoms with Gasteiger partial charge in [-0.1, -0.05) is 12.2 Å². The van der Waals surface area contributed by atoms with Crippen molar-refractivity contribution in [3.05, 3.63) is 48.4 Å². The Morgan fingerprint density at radius 1 is 1.35 bits per heavy atom. The van der Waals surface area contributed by atoms with Crippen LogP contribution in [0.4, 0.5) is 11.5 Å². The van der Waals surface area contributed by atoms with E-state index in [1.807, 2.05) is 13.0 Å². The predicted octanol–water partition coefficient (Wildman–Crippen LogP) is 3.52. The first-order valence-corrected chi connectivity index (χ1v) is 8.01. The highest BCUT2D eigenvalue weighted by Gasteiger charge is 2.06. The summed E-state index contributed by atoms with van der Waals surface area (Å²) in [5, 5.41) is 13.7. The fourth-order valence-electron chi connectivity index (χ4n) is 2.13. The molecule has 8 nitrogen and oxygen atoms in total. The topological polar surface area (TPSA) is 101 Å². The van der Waals surface area contributed by atoms with E-state index in [4.69, 9.17) is 4.74 Å². The molecule has 1 amide bonds. The number of methoxy groups -OCH3 is 1. The van der Waals surface area contributed by atoms with Crippen molar-refractivity contribution in [1.29, 1.82) is 0 Å². The van der Waals surface area contributed by atoms with Crippen molar-refractivity contribution in [1.82, 2.24) is 9.97 Å². The number of anilines is 2. The fourth-order valence-corrected chi connectivity index (χ4v) is 2.13. The third-order valence-corrected chi connectivity index (χ3v) is 3.20. The number of ether oxygens (including phenoxy) is 1. The monoisotopic (exact) mass is 354 g/mol. The molecular formula is C18H22N6O2. The van der Waals surface area contributed by atoms with Crippen molar-refractivity contribution in [2.45, 2.75) is 13.3 Å². The van der Waals surface area contributed by atoms with Gasteiger partial charge >= 0.3 is 0 Å². The van der Waals surface area contributed by atoms with Gasteiger partial charge in [0.25, 0.3) is 0 Å². The SMILES string of the molecule is C=C(C)/C=C(\N=NC)Nc1ccc2ncc(NC(=O)CCOC)cc2n1. The van der Waals surface area contributed by atoms with Gasteiger partial charge in [-0.25, -0.2) is 4.98 Å². The molecule has 0 spiro atoms. The fraction of sp³-hybridized carbons (Fsp3) is 0.278. The van der Waals surface area contributed by atoms with Crippen molar-refractivity contribution < 1.29 is 9.53 Å². The first-order chi connectivity index (χ1) is 12.5. The zero-order valence-corrected chi connectivity index (χ0v) is 15.1. The summed E-state index contributed by atoms with van der Waals surface area (Å²) in [6, 6.07) is 5.40. The molecule has 0 bridgehead atoms. The number of azo groups is 1. The van der Waals surface area contributed by atoms with Crippen molar-refractivity contribution >= 4 is 28.4 Å². The lowest BCUT2D eigenvalue weighted by Crippen LogP contribution is -2.13. The highest BCUT2D eigenvalue weighted by molar-refractivity contribution is 5.92. The van der Waals surface area contributed by atoms with Crippen molar-refractivity contribution in [2.75, 3.05) is 31.4 Å². The number of allylic oxidation sites excluding steroid dienone is 2. The summed E-state index contributed by atoms with van der Waals surface area (Å²) >= 11 is 0. The van der Waals surface area contributed by atoms with E-state index in [1.54, 1.807) is 38.6 Å². The number of amides is 1. The van der Waals surface area contributed by atoms with Crippen LogP contribution in [0.5, 0.6) is 0 Å². The van der Waals surface area contributed by atoms with Crippen molar-refractivity contribution in [2.24, 2.45) is 10.2 Å². The minimum Gasteiger partial charge on any atom is -0.384 e. The van der Waals surface area contributed by atoms with Gasteiger partial charge in [0, 0.05) is 14.2 Å². The standard InChI is InChI=1S/C18H22N6O2/c1-12(2)9-17(24-19-3)23-16-6-5-14-15(22-16)10-13(11-20-14)21-18(25)7-8-26-4/h5-6,9-11H,1,7-8H2,2-4H3,(H,21,25)(H,22,23)/b17-9-,24-19?. The van der Waals surface area contributed by atoms with Crippen LogP contribution in [0.1, 0.15) is 13.3 Å². The van der Waals surface area contributed by atoms with Crippen LogP contribution < -0.4 is 10.6 Å². The van der Waals surface area contributed by atoms with Crippen LogP contribution in [0, 0.1) is 0 Å². The average Bonchev–Trinajstić information content (AvgIpc) is 2.59. The Balaban J connectivity index is 2.22. The Hall–Kier alpha value is -3.13. The smallest absolute Gasteiger partial charge is 0.226 e. The molecule has 0 radical (unpaired) electrons. The molecule has 0 fully saturated rings. The van der Waals surface area contributed by atoms with Crippen LogP contribution in [0.25, 0.3) is 11.0 Å². The Labute approximate surface area is 152 Å². The molecule has 0 aliphatic heterocycles. The zero-order chi connectivity index (χ0) is 18.9. The van der Waals surface area contributed by atoms with Crippen LogP contribution in [0.15, 0.2) is 58.7 Å². The van der Waals surface area contributed by atoms with E-state index in [1.165, 1.54) is 0 Å². The van der Waals surface area contributed by atoms with E-state index in [0.717, 1.165) is 5.57 Å². The lowest BCUT2D eigenvalue weighted by molar-refractivity contribution is -0.117. The third kappa shape index (κ3) is 5.75. The Morgan fingerprint density at radius 3 is 2.85 bits per heavy atom. The molecule has 2 aromatic heterocycles. The number of pyridine rings is 2. The van der Waals surface area contributed by atoms with E-state index in [9.17, 15) is 4.79 Å². The summed E-state index contributed by atoms with van der Waals surface area (Å²) in [5.41, 5.74) is 2.77. The number of fused-ring (bicyclic) bond motifs is 1. The molecule has 26 heavy (non-hydrogen) atoms. The summed E-state index contributed by atoms with van der Waals surface area (Å²) in [4.78, 5) is 20.6. The van der Waals surface area contributed by atoms with Gasteiger partial charge in [0.15, 0.2) is 5.82 Å². The first kappa shape index (κ1) is 19.2. The van der Waals surface area contributed by atoms with E-state index in [2.05, 4.69) is 37.4 Å². The van der Waals surface area contributed by atoms with Crippen molar-refractivity contribution in [3.63, 3.8) is 0 Å². The van der Waals surface area contributed by atoms with Gasteiger partial charge in [-0.05, 0) is 31.2 Å². The van der Waals surface area contributed by atoms with Gasteiger partial charge < -0.3 is 15.4 Å². The summed E-state index contributed by atoms with van der Waals surface area (Å²) < 4.78 is 4.90. The van der Waals surface area contributed by atoms with Gasteiger partial charge in [0.1, 0.15) is 5.82 Å². The highest BCUT2D eigenvalue weighted by atomic mass is 16.5. The molecule has 0 aromatic carbocycles. The Bertz CT molecular complexity index is 860. The van der Waals surface area contributed by atoms with Crippen LogP contribution >= 0.6 is 0 Å². The number of hydrogen-bond acceptors (Lipinski definition) is 7. The quantitative estimate of drug-likeness (QED) is 0.558. The summed E-state index contributed by atoms with van der Waals surface area (Å²) in [5.74, 6) is 0.975. The van der Waals surface area contributed by atoms with E-state index in [-0.39, 0.29) is 12.3 Å². The second-order valence-corrected chi connectivity index (χ2v) is 5.55. The van der Waals surface area contributed by atoms with Gasteiger partial charge in [-0.3, -0.25) is 9.78 Å². The van der Waals surface area contributed by atoms with Gasteiger partial charge in [-0.15, -0.1) is 5.11 Å². The van der Waals surface area contributed by atoms with Crippen LogP contribution in [-0.4, -0.2) is 36.6 Å². The molecule has 2 aromatic rings. The highest BCUT2D eigenvalue weighted by Crippen LogP contribution is 2.19. The zero-order valence-electron chi connectivity index (χ0n) is 15.1. The molecule has 2 N–H and O–H groups in total. The minimum absolute atomic E-state index is 0.141. The normalized spacial score (nSPS) is 11.7. The molecule has 0 saturated carbocycles. The third-order valence-electron chi connectivity index (χ3n) is 3.20. The number of aromatic nitrogens is 2. The largest absolute Gasteiger partial charge is 0.384 e. The number of hydrogen-bond donors (Lipinski definition) is 2. The lowest BCUT2D eigenvalue weighted by atomic mass is 10.3. The molecular weight excluding hydrogens is 332 g/mol. The van der Waals surface area contributed by atoms with Crippen molar-refractivity contribution in [3.8, 4) is 0 Å². The molecule has 0 unspecified atom stereocenters. The number of carbonyl (C=O) groups is 1. The molecule has 0 atom stereocenters. The van der Waals surface area contributed by atoms with Gasteiger partial charge in [0.2, 0.25) is 5.91 Å². The average molecular weight is 354 g/mol. The Kier molecular flexibility index (Phi) is 6.92. The molecule has 2 rings (SSSR count). The van der Waals surface area contributed by atoms with Gasteiger partial charge in [-0.2, -0.15) is 5.11 Å². The van der Waals surface area contributed by atoms with Gasteiger partial charge in [0.05, 0.1) is 35.9 Å². The van der Waals surface area contributed by atoms with E-state index >= 15 is 0 Å². The summed E-state index contributed by atoms with van der Waals surface area (Å²) in [7, 11) is 3.14. The number of rotatable bonds is 8. The molecule has 136 valence electrons. The number of nitrogens with zero attached hydrogens (tertiary/aromatic N) is 4. The molecule has 8 heteroatoms. The number of nitrogens with one attached hydrogen (secondary N) is 2. The maximum absolute atomic E-state index is 11.8. The predicted molar refractivity (Wildman–Crippen MR) is 102 cm³/mol. The summed E-state index contributed by atoms with van der Waals surface area (Å²) in [6.07, 6.45) is 3.64.